The fourth-order valence-electron chi connectivity index (χ4n) is 5.27. The lowest BCUT2D eigenvalue weighted by molar-refractivity contribution is -0.125. The van der Waals surface area contributed by atoms with E-state index in [4.69, 9.17) is 4.74 Å². The van der Waals surface area contributed by atoms with Crippen LogP contribution in [0.1, 0.15) is 39.7 Å². The maximum atomic E-state index is 14.9. The van der Waals surface area contributed by atoms with E-state index in [-0.39, 0.29) is 17.9 Å². The van der Waals surface area contributed by atoms with E-state index < -0.39 is 29.8 Å². The highest BCUT2D eigenvalue weighted by atomic mass is 19.1. The first-order valence-electron chi connectivity index (χ1n) is 13.0. The number of halogens is 1. The number of fused-ring (bicyclic) bond motifs is 1. The Balaban J connectivity index is 1.36. The second-order valence-corrected chi connectivity index (χ2v) is 9.43. The maximum absolute atomic E-state index is 14.9. The highest BCUT2D eigenvalue weighted by Gasteiger charge is 2.37. The summed E-state index contributed by atoms with van der Waals surface area (Å²) in [6, 6.07) is 19.2. The number of rotatable bonds is 6. The Morgan fingerprint density at radius 3 is 2.70 bits per heavy atom. The summed E-state index contributed by atoms with van der Waals surface area (Å²) >= 11 is 0. The fraction of sp³-hybridized carbons (Fsp3) is 0.161. The number of aromatic amines is 1. The van der Waals surface area contributed by atoms with Crippen LogP contribution in [-0.2, 0) is 20.7 Å². The Kier molecular flexibility index (Phi) is 6.47. The van der Waals surface area contributed by atoms with Crippen molar-refractivity contribution in [2.24, 2.45) is 4.99 Å². The maximum Gasteiger partial charge on any atom is 0.355 e. The summed E-state index contributed by atoms with van der Waals surface area (Å²) in [5.41, 5.74) is 4.26. The van der Waals surface area contributed by atoms with Gasteiger partial charge in [-0.3, -0.25) is 9.59 Å². The molecule has 4 aromatic rings. The molecule has 0 aliphatic carbocycles. The van der Waals surface area contributed by atoms with Crippen LogP contribution in [0.25, 0.3) is 17.0 Å². The molecule has 1 aromatic heterocycles. The number of H-pyrrole nitrogens is 1. The van der Waals surface area contributed by atoms with E-state index >= 15 is 0 Å². The molecule has 0 fully saturated rings. The first kappa shape index (κ1) is 25.2. The van der Waals surface area contributed by atoms with Crippen LogP contribution in [-0.4, -0.2) is 47.8 Å². The lowest BCUT2D eigenvalue weighted by atomic mass is 9.98. The second kappa shape index (κ2) is 10.3. The zero-order chi connectivity index (χ0) is 27.8. The number of esters is 1. The number of amides is 2. The van der Waals surface area contributed by atoms with Gasteiger partial charge in [0.15, 0.2) is 0 Å². The second-order valence-electron chi connectivity index (χ2n) is 9.43. The summed E-state index contributed by atoms with van der Waals surface area (Å²) in [5, 5.41) is 3.42. The van der Waals surface area contributed by atoms with Crippen molar-refractivity contribution < 1.29 is 23.5 Å². The molecule has 3 heterocycles. The van der Waals surface area contributed by atoms with Crippen molar-refractivity contribution in [1.82, 2.24) is 10.3 Å². The molecule has 1 unspecified atom stereocenters. The Morgan fingerprint density at radius 1 is 1.10 bits per heavy atom. The normalized spacial score (nSPS) is 16.1. The van der Waals surface area contributed by atoms with Crippen LogP contribution in [0.2, 0.25) is 0 Å². The summed E-state index contributed by atoms with van der Waals surface area (Å²) in [4.78, 5) is 48.6. The highest BCUT2D eigenvalue weighted by molar-refractivity contribution is 6.21. The van der Waals surface area contributed by atoms with Crippen LogP contribution in [0.15, 0.2) is 77.8 Å². The van der Waals surface area contributed by atoms with Crippen LogP contribution in [0, 0.1) is 5.82 Å². The van der Waals surface area contributed by atoms with E-state index in [1.165, 1.54) is 18.2 Å². The number of aliphatic imine (C=N–C) groups is 1. The van der Waals surface area contributed by atoms with E-state index in [1.807, 2.05) is 42.5 Å². The molecule has 2 N–H and O–H groups in total. The number of carbonyl (C=O) groups is 3. The molecule has 3 aromatic carbocycles. The molecule has 0 spiro atoms. The molecule has 0 saturated carbocycles. The van der Waals surface area contributed by atoms with E-state index in [9.17, 15) is 18.8 Å². The number of anilines is 1. The summed E-state index contributed by atoms with van der Waals surface area (Å²) in [6.07, 6.45) is 2.12. The number of nitrogens with zero attached hydrogens (tertiary/aromatic N) is 2. The molecule has 0 saturated heterocycles. The van der Waals surface area contributed by atoms with Crippen LogP contribution in [0.5, 0.6) is 0 Å². The number of aromatic nitrogens is 1. The lowest BCUT2D eigenvalue weighted by Crippen LogP contribution is -2.46. The van der Waals surface area contributed by atoms with Crippen LogP contribution in [0.4, 0.5) is 10.1 Å². The van der Waals surface area contributed by atoms with Crippen molar-refractivity contribution in [1.29, 1.82) is 0 Å². The number of para-hydroxylation sites is 2. The van der Waals surface area contributed by atoms with Crippen molar-refractivity contribution in [3.63, 3.8) is 0 Å². The van der Waals surface area contributed by atoms with Crippen molar-refractivity contribution in [2.45, 2.75) is 19.5 Å². The van der Waals surface area contributed by atoms with Gasteiger partial charge in [0.25, 0.3) is 5.91 Å². The quantitative estimate of drug-likeness (QED) is 0.282. The minimum Gasteiger partial charge on any atom is -0.461 e. The summed E-state index contributed by atoms with van der Waals surface area (Å²) in [7, 11) is 0. The van der Waals surface area contributed by atoms with E-state index in [2.05, 4.69) is 15.3 Å². The third-order valence-corrected chi connectivity index (χ3v) is 7.04. The van der Waals surface area contributed by atoms with E-state index in [1.54, 1.807) is 30.0 Å². The van der Waals surface area contributed by atoms with Gasteiger partial charge < -0.3 is 19.9 Å². The van der Waals surface area contributed by atoms with Crippen LogP contribution in [0.3, 0.4) is 0 Å². The van der Waals surface area contributed by atoms with Gasteiger partial charge in [0, 0.05) is 40.2 Å². The Labute approximate surface area is 229 Å². The lowest BCUT2D eigenvalue weighted by Gasteiger charge is -2.20. The van der Waals surface area contributed by atoms with Crippen LogP contribution < -0.4 is 10.2 Å². The Bertz CT molecular complexity index is 1740. The third kappa shape index (κ3) is 4.35. The van der Waals surface area contributed by atoms with Crippen LogP contribution >= 0.6 is 0 Å². The summed E-state index contributed by atoms with van der Waals surface area (Å²) < 4.78 is 20.1. The Hall–Kier alpha value is -5.05. The number of hydrogen-bond acceptors (Lipinski definition) is 5. The zero-order valence-corrected chi connectivity index (χ0v) is 21.6. The highest BCUT2D eigenvalue weighted by Crippen LogP contribution is 2.36. The van der Waals surface area contributed by atoms with Crippen molar-refractivity contribution >= 4 is 46.2 Å². The molecule has 0 radical (unpaired) electrons. The molecule has 2 aliphatic heterocycles. The SMILES string of the molecule is CCOC(=O)c1[nH]c2ccccc2c1C=CC(=O)NC1N=C(c2ccccc2F)c2cccc3c2N(CC3)C1=O. The number of benzene rings is 3. The van der Waals surface area contributed by atoms with Gasteiger partial charge in [0.1, 0.15) is 11.5 Å². The predicted octanol–water partition coefficient (Wildman–Crippen LogP) is 4.38. The minimum absolute atomic E-state index is 0.199. The van der Waals surface area contributed by atoms with Gasteiger partial charge in [-0.15, -0.1) is 0 Å². The average molecular weight is 537 g/mol. The van der Waals surface area contributed by atoms with Crippen molar-refractivity contribution in [3.05, 3.63) is 107 Å². The molecule has 9 heteroatoms. The van der Waals surface area contributed by atoms with Gasteiger partial charge in [-0.25, -0.2) is 14.2 Å². The molecular formula is C31H25FN4O4. The van der Waals surface area contributed by atoms with Crippen molar-refractivity contribution in [3.8, 4) is 0 Å². The molecule has 200 valence electrons. The van der Waals surface area contributed by atoms with E-state index in [0.29, 0.717) is 41.0 Å². The topological polar surface area (TPSA) is 104 Å². The largest absolute Gasteiger partial charge is 0.461 e. The van der Waals surface area contributed by atoms with Gasteiger partial charge in [-0.05, 0) is 43.2 Å². The molecule has 40 heavy (non-hydrogen) atoms. The minimum atomic E-state index is -1.28. The molecule has 6 rings (SSSR count). The number of hydrogen-bond donors (Lipinski definition) is 2. The Morgan fingerprint density at radius 2 is 1.88 bits per heavy atom. The molecular weight excluding hydrogens is 511 g/mol. The molecule has 2 amide bonds. The predicted molar refractivity (Wildman–Crippen MR) is 150 cm³/mol. The third-order valence-electron chi connectivity index (χ3n) is 7.04. The molecule has 2 aliphatic rings. The molecule has 8 nitrogen and oxygen atoms in total. The standard InChI is InChI=1S/C31H25FN4O4/c1-2-40-31(39)27-20(19-9-4-6-13-24(19)33-27)14-15-25(37)34-29-30(38)36-17-16-18-8-7-11-22(28(18)36)26(35-29)21-10-3-5-12-23(21)32/h3-15,29,33H,2,16-17H2,1H3,(H,34,37). The smallest absolute Gasteiger partial charge is 0.355 e. The summed E-state index contributed by atoms with van der Waals surface area (Å²) in [5.74, 6) is -2.02. The average Bonchev–Trinajstić information content (AvgIpc) is 3.53. The number of carbonyl (C=O) groups excluding carboxylic acids is 3. The molecule has 0 bridgehead atoms. The first-order valence-corrected chi connectivity index (χ1v) is 13.0. The van der Waals surface area contributed by atoms with Crippen molar-refractivity contribution in [2.75, 3.05) is 18.1 Å². The van der Waals surface area contributed by atoms with Gasteiger partial charge in [-0.2, -0.15) is 0 Å². The summed E-state index contributed by atoms with van der Waals surface area (Å²) in [6.45, 7) is 2.35. The van der Waals surface area contributed by atoms with Gasteiger partial charge in [-0.1, -0.05) is 48.5 Å². The number of ether oxygens (including phenoxy) is 1. The fourth-order valence-corrected chi connectivity index (χ4v) is 5.27. The first-order chi connectivity index (χ1) is 19.5. The van der Waals surface area contributed by atoms with E-state index in [0.717, 1.165) is 10.9 Å². The zero-order valence-electron chi connectivity index (χ0n) is 21.6. The van der Waals surface area contributed by atoms with Gasteiger partial charge in [0.2, 0.25) is 12.1 Å². The molecule has 1 atom stereocenters. The number of nitrogens with one attached hydrogen (secondary N) is 2. The van der Waals surface area contributed by atoms with Gasteiger partial charge in [0.05, 0.1) is 18.0 Å². The monoisotopic (exact) mass is 536 g/mol. The van der Waals surface area contributed by atoms with Gasteiger partial charge >= 0.3 is 5.97 Å².